The van der Waals surface area contributed by atoms with Gasteiger partial charge in [-0.15, -0.1) is 0 Å². The maximum atomic E-state index is 13.5. The van der Waals surface area contributed by atoms with Gasteiger partial charge in [0.25, 0.3) is 27.3 Å². The van der Waals surface area contributed by atoms with Crippen LogP contribution < -0.4 is 9.04 Å². The number of anilines is 1. The van der Waals surface area contributed by atoms with Crippen LogP contribution in [-0.4, -0.2) is 31.3 Å². The zero-order chi connectivity index (χ0) is 24.3. The number of sulfonamides is 1. The van der Waals surface area contributed by atoms with Gasteiger partial charge >= 0.3 is 0 Å². The topological polar surface area (TPSA) is 150 Å². The summed E-state index contributed by atoms with van der Waals surface area (Å²) < 4.78 is 32.3. The van der Waals surface area contributed by atoms with Gasteiger partial charge < -0.3 is 4.74 Å². The van der Waals surface area contributed by atoms with Gasteiger partial charge in [0.2, 0.25) is 0 Å². The molecule has 0 aliphatic rings. The summed E-state index contributed by atoms with van der Waals surface area (Å²) in [4.78, 5) is 34.3. The zero-order valence-corrected chi connectivity index (χ0v) is 18.2. The monoisotopic (exact) mass is 471 g/mol. The molecule has 0 fully saturated rings. The molecule has 0 N–H and O–H groups in total. The SMILES string of the molecule is COc1ccc(N(C(=O)c2cc([N+](=O)[O-])c(C)c([N+](=O)[O-])c2)S(=O)(=O)c2ccccc2)cc1. The Morgan fingerprint density at radius 3 is 1.88 bits per heavy atom. The molecule has 0 aliphatic carbocycles. The quantitative estimate of drug-likeness (QED) is 0.372. The lowest BCUT2D eigenvalue weighted by molar-refractivity contribution is -0.395. The molecule has 0 saturated heterocycles. The van der Waals surface area contributed by atoms with Crippen molar-refractivity contribution in [3.8, 4) is 5.75 Å². The molecule has 0 radical (unpaired) electrons. The second-order valence-electron chi connectivity index (χ2n) is 6.74. The molecule has 0 aromatic heterocycles. The standard InChI is InChI=1S/C21H17N3O8S/c1-14-19(23(26)27)12-15(13-20(14)24(28)29)21(25)22(16-8-10-17(32-2)11-9-16)33(30,31)18-6-4-3-5-7-18/h3-13H,1-2H3. The summed E-state index contributed by atoms with van der Waals surface area (Å²) in [6, 6.07) is 14.2. The molecular formula is C21H17N3O8S. The van der Waals surface area contributed by atoms with Crippen LogP contribution in [0.25, 0.3) is 0 Å². The molecule has 0 heterocycles. The van der Waals surface area contributed by atoms with E-state index in [1.807, 2.05) is 0 Å². The number of hydrogen-bond donors (Lipinski definition) is 0. The number of methoxy groups -OCH3 is 1. The van der Waals surface area contributed by atoms with Crippen molar-refractivity contribution in [2.45, 2.75) is 11.8 Å². The predicted molar refractivity (Wildman–Crippen MR) is 118 cm³/mol. The van der Waals surface area contributed by atoms with Crippen molar-refractivity contribution in [1.82, 2.24) is 0 Å². The first-order valence-electron chi connectivity index (χ1n) is 9.30. The van der Waals surface area contributed by atoms with Crippen LogP contribution in [0.5, 0.6) is 5.75 Å². The summed E-state index contributed by atoms with van der Waals surface area (Å²) in [6.07, 6.45) is 0. The van der Waals surface area contributed by atoms with Gasteiger partial charge in [-0.25, -0.2) is 8.42 Å². The van der Waals surface area contributed by atoms with Crippen molar-refractivity contribution in [1.29, 1.82) is 0 Å². The lowest BCUT2D eigenvalue weighted by Gasteiger charge is -2.23. The van der Waals surface area contributed by atoms with E-state index in [0.29, 0.717) is 10.1 Å². The van der Waals surface area contributed by atoms with Crippen molar-refractivity contribution in [3.63, 3.8) is 0 Å². The van der Waals surface area contributed by atoms with E-state index in [2.05, 4.69) is 0 Å². The number of carbonyl (C=O) groups is 1. The molecule has 0 spiro atoms. The minimum atomic E-state index is -4.49. The third kappa shape index (κ3) is 4.50. The van der Waals surface area contributed by atoms with Crippen molar-refractivity contribution >= 4 is 33.0 Å². The van der Waals surface area contributed by atoms with E-state index in [1.54, 1.807) is 6.07 Å². The normalized spacial score (nSPS) is 11.0. The Morgan fingerprint density at radius 2 is 1.42 bits per heavy atom. The summed E-state index contributed by atoms with van der Waals surface area (Å²) in [5, 5.41) is 22.9. The summed E-state index contributed by atoms with van der Waals surface area (Å²) in [5.74, 6) is -0.805. The number of nitrogens with zero attached hydrogens (tertiary/aromatic N) is 3. The lowest BCUT2D eigenvalue weighted by atomic mass is 10.1. The third-order valence-corrected chi connectivity index (χ3v) is 6.49. The van der Waals surface area contributed by atoms with Gasteiger partial charge in [-0.2, -0.15) is 4.31 Å². The van der Waals surface area contributed by atoms with Gasteiger partial charge in [-0.3, -0.25) is 25.0 Å². The minimum absolute atomic E-state index is 0.0875. The molecule has 0 unspecified atom stereocenters. The molecule has 170 valence electrons. The minimum Gasteiger partial charge on any atom is -0.497 e. The van der Waals surface area contributed by atoms with E-state index < -0.39 is 42.7 Å². The Bertz CT molecular complexity index is 1300. The van der Waals surface area contributed by atoms with Crippen LogP contribution in [0, 0.1) is 27.2 Å². The number of carbonyl (C=O) groups excluding carboxylic acids is 1. The Morgan fingerprint density at radius 1 is 0.909 bits per heavy atom. The average Bonchev–Trinajstić information content (AvgIpc) is 2.79. The number of ether oxygens (including phenoxy) is 1. The van der Waals surface area contributed by atoms with Crippen molar-refractivity contribution < 1.29 is 27.8 Å². The number of nitro groups is 2. The Hall–Kier alpha value is -4.32. The Balaban J connectivity index is 2.26. The second kappa shape index (κ2) is 9.04. The van der Waals surface area contributed by atoms with Crippen molar-refractivity contribution in [3.05, 3.63) is 98.1 Å². The fourth-order valence-electron chi connectivity index (χ4n) is 3.08. The number of hydrogen-bond acceptors (Lipinski definition) is 8. The van der Waals surface area contributed by atoms with Gasteiger partial charge in [-0.1, -0.05) is 18.2 Å². The van der Waals surface area contributed by atoms with Crippen LogP contribution in [0.1, 0.15) is 15.9 Å². The molecule has 0 aliphatic heterocycles. The van der Waals surface area contributed by atoms with Crippen molar-refractivity contribution in [2.75, 3.05) is 11.4 Å². The van der Waals surface area contributed by atoms with E-state index in [9.17, 15) is 33.4 Å². The van der Waals surface area contributed by atoms with Crippen LogP contribution in [0.2, 0.25) is 0 Å². The zero-order valence-electron chi connectivity index (χ0n) is 17.4. The summed E-state index contributed by atoms with van der Waals surface area (Å²) in [5.41, 5.74) is -2.24. The smallest absolute Gasteiger partial charge is 0.279 e. The van der Waals surface area contributed by atoms with Gasteiger partial charge in [0.1, 0.15) is 11.3 Å². The third-order valence-electron chi connectivity index (χ3n) is 4.77. The summed E-state index contributed by atoms with van der Waals surface area (Å²) in [6.45, 7) is 1.17. The average molecular weight is 471 g/mol. The fraction of sp³-hybridized carbons (Fsp3) is 0.0952. The molecule has 0 atom stereocenters. The fourth-order valence-corrected chi connectivity index (χ4v) is 4.52. The molecular weight excluding hydrogens is 454 g/mol. The molecule has 11 nitrogen and oxygen atoms in total. The molecule has 3 aromatic carbocycles. The van der Waals surface area contributed by atoms with E-state index >= 15 is 0 Å². The first kappa shape index (κ1) is 23.3. The number of amides is 1. The van der Waals surface area contributed by atoms with E-state index in [-0.39, 0.29) is 16.1 Å². The van der Waals surface area contributed by atoms with Gasteiger partial charge in [-0.05, 0) is 43.3 Å². The lowest BCUT2D eigenvalue weighted by Crippen LogP contribution is -2.37. The molecule has 33 heavy (non-hydrogen) atoms. The van der Waals surface area contributed by atoms with Gasteiger partial charge in [0.05, 0.1) is 33.1 Å². The molecule has 3 rings (SSSR count). The van der Waals surface area contributed by atoms with Crippen LogP contribution in [0.4, 0.5) is 17.1 Å². The number of benzene rings is 3. The number of nitro benzene ring substituents is 2. The van der Waals surface area contributed by atoms with Crippen LogP contribution in [0.3, 0.4) is 0 Å². The molecule has 12 heteroatoms. The maximum absolute atomic E-state index is 13.5. The largest absolute Gasteiger partial charge is 0.497 e. The highest BCUT2D eigenvalue weighted by Crippen LogP contribution is 2.33. The van der Waals surface area contributed by atoms with E-state index in [1.165, 1.54) is 62.6 Å². The summed E-state index contributed by atoms with van der Waals surface area (Å²) in [7, 11) is -3.09. The Labute approximate surface area is 188 Å². The highest BCUT2D eigenvalue weighted by Gasteiger charge is 2.34. The highest BCUT2D eigenvalue weighted by atomic mass is 32.2. The van der Waals surface area contributed by atoms with Crippen molar-refractivity contribution in [2.24, 2.45) is 0 Å². The second-order valence-corrected chi connectivity index (χ2v) is 8.53. The van der Waals surface area contributed by atoms with Gasteiger partial charge in [0.15, 0.2) is 0 Å². The first-order chi connectivity index (χ1) is 15.6. The first-order valence-corrected chi connectivity index (χ1v) is 10.7. The molecule has 0 bridgehead atoms. The highest BCUT2D eigenvalue weighted by molar-refractivity contribution is 7.93. The Kier molecular flexibility index (Phi) is 6.40. The van der Waals surface area contributed by atoms with Crippen LogP contribution in [-0.2, 0) is 10.0 Å². The molecule has 3 aromatic rings. The van der Waals surface area contributed by atoms with Crippen LogP contribution >= 0.6 is 0 Å². The summed E-state index contributed by atoms with van der Waals surface area (Å²) >= 11 is 0. The molecule has 1 amide bonds. The molecule has 0 saturated carbocycles. The van der Waals surface area contributed by atoms with Gasteiger partial charge in [0, 0.05) is 12.1 Å². The van der Waals surface area contributed by atoms with Crippen LogP contribution in [0.15, 0.2) is 71.6 Å². The van der Waals surface area contributed by atoms with E-state index in [4.69, 9.17) is 4.74 Å². The van der Waals surface area contributed by atoms with E-state index in [0.717, 1.165) is 12.1 Å². The number of rotatable bonds is 7. The predicted octanol–water partition coefficient (Wildman–Crippen LogP) is 3.86. The maximum Gasteiger partial charge on any atom is 0.279 e.